The third-order valence-electron chi connectivity index (χ3n) is 2.84. The second-order valence-electron chi connectivity index (χ2n) is 6.72. The minimum atomic E-state index is -0.188. The quantitative estimate of drug-likeness (QED) is 0.498. The molecule has 0 N–H and O–H groups in total. The van der Waals surface area contributed by atoms with Gasteiger partial charge in [0, 0.05) is 21.0 Å². The highest BCUT2D eigenvalue weighted by molar-refractivity contribution is 9.11. The smallest absolute Gasteiger partial charge is 0.111 e. The third kappa shape index (κ3) is 5.37. The predicted octanol–water partition coefficient (Wildman–Crippen LogP) is 6.72. The van der Waals surface area contributed by atoms with Crippen molar-refractivity contribution in [2.75, 3.05) is 4.90 Å². The summed E-state index contributed by atoms with van der Waals surface area (Å²) in [5, 5.41) is 8.94. The molecule has 0 saturated carbocycles. The van der Waals surface area contributed by atoms with E-state index in [9.17, 15) is 0 Å². The Kier molecular flexibility index (Phi) is 6.41. The lowest BCUT2D eigenvalue weighted by atomic mass is 10.1. The molecule has 118 valence electrons. The summed E-state index contributed by atoms with van der Waals surface area (Å²) in [7, 11) is 0. The molecule has 0 heterocycles. The minimum Gasteiger partial charge on any atom is -0.364 e. The SMILES string of the molecule is CC(C)N(c1c(Br)cc(Br)cc1N=NC(C)(C)C)C(C)C. The van der Waals surface area contributed by atoms with E-state index >= 15 is 0 Å². The lowest BCUT2D eigenvalue weighted by molar-refractivity contribution is 0.551. The second kappa shape index (κ2) is 7.23. The first kappa shape index (κ1) is 18.6. The van der Waals surface area contributed by atoms with Crippen LogP contribution in [0.2, 0.25) is 0 Å². The molecule has 1 rings (SSSR count). The summed E-state index contributed by atoms with van der Waals surface area (Å²) >= 11 is 7.22. The highest BCUT2D eigenvalue weighted by Crippen LogP contribution is 2.41. The number of hydrogen-bond donors (Lipinski definition) is 0. The van der Waals surface area contributed by atoms with Crippen LogP contribution < -0.4 is 4.90 Å². The molecule has 0 spiro atoms. The van der Waals surface area contributed by atoms with E-state index in [2.05, 4.69) is 80.7 Å². The van der Waals surface area contributed by atoms with Gasteiger partial charge in [-0.1, -0.05) is 15.9 Å². The maximum atomic E-state index is 4.51. The fraction of sp³-hybridized carbons (Fsp3) is 0.625. The first-order chi connectivity index (χ1) is 9.53. The Labute approximate surface area is 145 Å². The van der Waals surface area contributed by atoms with E-state index in [0.717, 1.165) is 20.3 Å². The van der Waals surface area contributed by atoms with Crippen LogP contribution in [0.25, 0.3) is 0 Å². The van der Waals surface area contributed by atoms with Crippen LogP contribution in [0.1, 0.15) is 48.5 Å². The summed E-state index contributed by atoms with van der Waals surface area (Å²) in [6, 6.07) is 4.84. The molecule has 0 bridgehead atoms. The first-order valence-electron chi connectivity index (χ1n) is 7.23. The van der Waals surface area contributed by atoms with Gasteiger partial charge in [-0.2, -0.15) is 10.2 Å². The highest BCUT2D eigenvalue weighted by Gasteiger charge is 2.21. The van der Waals surface area contributed by atoms with Crippen molar-refractivity contribution in [3.63, 3.8) is 0 Å². The summed E-state index contributed by atoms with van der Waals surface area (Å²) in [5.74, 6) is 0. The lowest BCUT2D eigenvalue weighted by Crippen LogP contribution is -2.37. The van der Waals surface area contributed by atoms with E-state index in [1.165, 1.54) is 0 Å². The number of azo groups is 1. The van der Waals surface area contributed by atoms with Crippen LogP contribution in [0.4, 0.5) is 11.4 Å². The molecule has 0 fully saturated rings. The molecule has 0 unspecified atom stereocenters. The molecule has 1 aromatic carbocycles. The Morgan fingerprint density at radius 3 is 1.95 bits per heavy atom. The molecule has 0 aliphatic carbocycles. The molecule has 0 radical (unpaired) electrons. The Bertz CT molecular complexity index is 509. The van der Waals surface area contributed by atoms with Crippen molar-refractivity contribution in [2.24, 2.45) is 10.2 Å². The monoisotopic (exact) mass is 417 g/mol. The van der Waals surface area contributed by atoms with Crippen LogP contribution in [0.5, 0.6) is 0 Å². The molecule has 0 amide bonds. The van der Waals surface area contributed by atoms with Gasteiger partial charge in [0.25, 0.3) is 0 Å². The van der Waals surface area contributed by atoms with Crippen molar-refractivity contribution in [1.82, 2.24) is 0 Å². The molecule has 0 saturated heterocycles. The Balaban J connectivity index is 3.45. The van der Waals surface area contributed by atoms with Gasteiger partial charge in [-0.3, -0.25) is 0 Å². The molecule has 0 atom stereocenters. The second-order valence-corrected chi connectivity index (χ2v) is 8.49. The number of nitrogens with zero attached hydrogens (tertiary/aromatic N) is 3. The van der Waals surface area contributed by atoms with Crippen LogP contribution >= 0.6 is 31.9 Å². The molecular formula is C16H25Br2N3. The lowest BCUT2D eigenvalue weighted by Gasteiger charge is -2.34. The number of rotatable bonds is 4. The number of hydrogen-bond acceptors (Lipinski definition) is 3. The van der Waals surface area contributed by atoms with Gasteiger partial charge in [-0.05, 0) is 76.5 Å². The van der Waals surface area contributed by atoms with E-state index in [-0.39, 0.29) is 5.54 Å². The van der Waals surface area contributed by atoms with Gasteiger partial charge in [-0.25, -0.2) is 0 Å². The Hall–Kier alpha value is -0.420. The predicted molar refractivity (Wildman–Crippen MR) is 98.9 cm³/mol. The third-order valence-corrected chi connectivity index (χ3v) is 3.90. The number of anilines is 1. The van der Waals surface area contributed by atoms with Crippen LogP contribution in [0.15, 0.2) is 31.3 Å². The van der Waals surface area contributed by atoms with E-state index in [1.807, 2.05) is 26.8 Å². The van der Waals surface area contributed by atoms with Crippen LogP contribution in [-0.2, 0) is 0 Å². The van der Waals surface area contributed by atoms with Gasteiger partial charge in [0.05, 0.1) is 11.2 Å². The number of halogens is 2. The fourth-order valence-corrected chi connectivity index (χ4v) is 3.61. The summed E-state index contributed by atoms with van der Waals surface area (Å²) in [4.78, 5) is 2.35. The Morgan fingerprint density at radius 2 is 1.52 bits per heavy atom. The first-order valence-corrected chi connectivity index (χ1v) is 8.82. The maximum absolute atomic E-state index is 4.51. The zero-order chi connectivity index (χ0) is 16.4. The summed E-state index contributed by atoms with van der Waals surface area (Å²) in [6.07, 6.45) is 0. The molecule has 1 aromatic rings. The van der Waals surface area contributed by atoms with Crippen molar-refractivity contribution >= 4 is 43.2 Å². The number of benzene rings is 1. The van der Waals surface area contributed by atoms with Crippen molar-refractivity contribution < 1.29 is 0 Å². The molecule has 0 aliphatic rings. The summed E-state index contributed by atoms with van der Waals surface area (Å²) in [6.45, 7) is 14.9. The van der Waals surface area contributed by atoms with E-state index in [0.29, 0.717) is 12.1 Å². The molecule has 3 nitrogen and oxygen atoms in total. The van der Waals surface area contributed by atoms with Gasteiger partial charge in [0.2, 0.25) is 0 Å². The van der Waals surface area contributed by atoms with Crippen molar-refractivity contribution in [1.29, 1.82) is 0 Å². The Morgan fingerprint density at radius 1 is 1.00 bits per heavy atom. The van der Waals surface area contributed by atoms with Crippen LogP contribution in [-0.4, -0.2) is 17.6 Å². The zero-order valence-corrected chi connectivity index (χ0v) is 17.1. The summed E-state index contributed by atoms with van der Waals surface area (Å²) < 4.78 is 2.02. The normalized spacial score (nSPS) is 12.7. The van der Waals surface area contributed by atoms with Gasteiger partial charge in [-0.15, -0.1) is 0 Å². The van der Waals surface area contributed by atoms with Crippen molar-refractivity contribution in [3.05, 3.63) is 21.1 Å². The molecule has 0 aromatic heterocycles. The summed E-state index contributed by atoms with van der Waals surface area (Å²) in [5.41, 5.74) is 1.79. The molecule has 5 heteroatoms. The van der Waals surface area contributed by atoms with E-state index in [4.69, 9.17) is 0 Å². The average Bonchev–Trinajstić information content (AvgIpc) is 2.27. The average molecular weight is 419 g/mol. The van der Waals surface area contributed by atoms with Gasteiger partial charge < -0.3 is 4.90 Å². The minimum absolute atomic E-state index is 0.188. The topological polar surface area (TPSA) is 28.0 Å². The largest absolute Gasteiger partial charge is 0.364 e. The van der Waals surface area contributed by atoms with E-state index < -0.39 is 0 Å². The van der Waals surface area contributed by atoms with E-state index in [1.54, 1.807) is 0 Å². The van der Waals surface area contributed by atoms with Gasteiger partial charge >= 0.3 is 0 Å². The fourth-order valence-electron chi connectivity index (χ4n) is 2.20. The maximum Gasteiger partial charge on any atom is 0.111 e. The van der Waals surface area contributed by atoms with Crippen LogP contribution in [0.3, 0.4) is 0 Å². The highest BCUT2D eigenvalue weighted by atomic mass is 79.9. The molecular weight excluding hydrogens is 394 g/mol. The van der Waals surface area contributed by atoms with Crippen molar-refractivity contribution in [2.45, 2.75) is 66.1 Å². The van der Waals surface area contributed by atoms with Gasteiger partial charge in [0.1, 0.15) is 5.69 Å². The van der Waals surface area contributed by atoms with Crippen LogP contribution in [0, 0.1) is 0 Å². The van der Waals surface area contributed by atoms with Gasteiger partial charge in [0.15, 0.2) is 0 Å². The van der Waals surface area contributed by atoms with Crippen molar-refractivity contribution in [3.8, 4) is 0 Å². The molecule has 0 aliphatic heterocycles. The standard InChI is InChI=1S/C16H25Br2N3/c1-10(2)21(11(3)4)15-13(18)8-12(17)9-14(15)19-20-16(5,6)7/h8-11H,1-7H3. The zero-order valence-electron chi connectivity index (χ0n) is 13.9. The molecule has 21 heavy (non-hydrogen) atoms.